The fraction of sp³-hybridized carbons (Fsp3) is 0.367. The maximum Gasteiger partial charge on any atom is 0.411 e. The molecule has 0 saturated carbocycles. The highest BCUT2D eigenvalue weighted by atomic mass is 16.8. The highest BCUT2D eigenvalue weighted by molar-refractivity contribution is 5.71. The van der Waals surface area contributed by atoms with Crippen LogP contribution in [0.4, 0.5) is 4.79 Å². The Morgan fingerprint density at radius 3 is 1.66 bits per heavy atom. The highest BCUT2D eigenvalue weighted by Gasteiger charge is 2.59. The molecule has 4 saturated heterocycles. The number of fused-ring (bicyclic) bond motifs is 3. The predicted molar refractivity (Wildman–Crippen MR) is 221 cm³/mol. The van der Waals surface area contributed by atoms with Crippen molar-refractivity contribution in [3.05, 3.63) is 179 Å². The van der Waals surface area contributed by atoms with Crippen molar-refractivity contribution < 1.29 is 52.2 Å². The molecule has 4 aliphatic heterocycles. The fourth-order valence-corrected chi connectivity index (χ4v) is 8.45. The van der Waals surface area contributed by atoms with E-state index in [0.29, 0.717) is 13.2 Å². The predicted octanol–water partition coefficient (Wildman–Crippen LogP) is 7.36. The Morgan fingerprint density at radius 2 is 1.08 bits per heavy atom. The van der Waals surface area contributed by atoms with Crippen molar-refractivity contribution in [2.24, 2.45) is 0 Å². The number of ether oxygens (including phenoxy) is 10. The van der Waals surface area contributed by atoms with Gasteiger partial charge in [-0.05, 0) is 22.3 Å². The number of nitrogens with zero attached hydrogens (tertiary/aromatic N) is 1. The molecule has 4 aliphatic rings. The van der Waals surface area contributed by atoms with Crippen LogP contribution in [-0.4, -0.2) is 92.7 Å². The lowest BCUT2D eigenvalue weighted by atomic mass is 9.95. The summed E-state index contributed by atoms with van der Waals surface area (Å²) >= 11 is 0. The minimum absolute atomic E-state index is 0.0110. The Morgan fingerprint density at radius 1 is 0.557 bits per heavy atom. The Balaban J connectivity index is 1.00. The number of carbonyl (C=O) groups excluding carboxylic acids is 1. The normalized spacial score (nSPS) is 29.7. The molecule has 0 bridgehead atoms. The van der Waals surface area contributed by atoms with Crippen LogP contribution in [0.15, 0.2) is 152 Å². The molecule has 0 N–H and O–H groups in total. The molecule has 0 spiro atoms. The van der Waals surface area contributed by atoms with Gasteiger partial charge in [-0.3, -0.25) is 4.90 Å². The van der Waals surface area contributed by atoms with Gasteiger partial charge in [0.1, 0.15) is 42.7 Å². The zero-order chi connectivity index (χ0) is 41.4. The molecule has 318 valence electrons. The van der Waals surface area contributed by atoms with E-state index in [-0.39, 0.29) is 26.4 Å². The quantitative estimate of drug-likeness (QED) is 0.0995. The second-order valence-corrected chi connectivity index (χ2v) is 15.6. The summed E-state index contributed by atoms with van der Waals surface area (Å²) in [5.74, 6) is 0. The topological polar surface area (TPSA) is 113 Å². The number of benzene rings is 5. The lowest BCUT2D eigenvalue weighted by molar-refractivity contribution is -0.355. The van der Waals surface area contributed by atoms with Crippen molar-refractivity contribution in [2.75, 3.05) is 20.3 Å². The summed E-state index contributed by atoms with van der Waals surface area (Å²) in [5.41, 5.74) is 4.76. The molecule has 0 radical (unpaired) electrons. The van der Waals surface area contributed by atoms with E-state index in [4.69, 9.17) is 47.4 Å². The Labute approximate surface area is 356 Å². The highest BCUT2D eigenvalue weighted by Crippen LogP contribution is 2.41. The van der Waals surface area contributed by atoms with E-state index >= 15 is 0 Å². The number of hydrogen-bond acceptors (Lipinski definition) is 11. The molecule has 61 heavy (non-hydrogen) atoms. The van der Waals surface area contributed by atoms with E-state index in [9.17, 15) is 4.79 Å². The summed E-state index contributed by atoms with van der Waals surface area (Å²) in [6, 6.07) is 48.7. The first-order valence-electron chi connectivity index (χ1n) is 20.9. The molecule has 4 fully saturated rings. The average Bonchev–Trinajstić information content (AvgIpc) is 3.65. The van der Waals surface area contributed by atoms with E-state index in [0.717, 1.165) is 27.8 Å². The van der Waals surface area contributed by atoms with E-state index in [1.54, 1.807) is 12.0 Å². The Kier molecular flexibility index (Phi) is 13.4. The summed E-state index contributed by atoms with van der Waals surface area (Å²) in [7, 11) is 1.59. The lowest BCUT2D eigenvalue weighted by Crippen LogP contribution is -2.65. The number of hydrogen-bond donors (Lipinski definition) is 0. The smallest absolute Gasteiger partial charge is 0.411 e. The summed E-state index contributed by atoms with van der Waals surface area (Å²) in [5, 5.41) is 0. The zero-order valence-corrected chi connectivity index (χ0v) is 34.0. The summed E-state index contributed by atoms with van der Waals surface area (Å²) in [6.07, 6.45) is -7.60. The molecule has 12 nitrogen and oxygen atoms in total. The van der Waals surface area contributed by atoms with Gasteiger partial charge in [0.05, 0.1) is 33.0 Å². The van der Waals surface area contributed by atoms with Gasteiger partial charge in [0.15, 0.2) is 25.0 Å². The number of rotatable bonds is 16. The zero-order valence-electron chi connectivity index (χ0n) is 34.0. The van der Waals surface area contributed by atoms with E-state index in [2.05, 4.69) is 0 Å². The van der Waals surface area contributed by atoms with Gasteiger partial charge in [-0.2, -0.15) is 0 Å². The van der Waals surface area contributed by atoms with E-state index in [1.807, 2.05) is 152 Å². The lowest BCUT2D eigenvalue weighted by Gasteiger charge is -2.48. The molecule has 9 rings (SSSR count). The molecule has 11 atom stereocenters. The second-order valence-electron chi connectivity index (χ2n) is 15.6. The van der Waals surface area contributed by atoms with Crippen LogP contribution in [0.2, 0.25) is 0 Å². The third-order valence-corrected chi connectivity index (χ3v) is 11.5. The SMILES string of the molecule is CO[C@H]1O[C@H](CO[C@H]2O[C@@H]3CO[C@@H](c4ccccc4)O[C@H]3[C@@H]3OC(=O)N(Cc4ccccc4)[C@@H]23)[C@@H](OCc2ccccc2)[C@H](OCc2ccccc2)[C@H]1OCc1ccccc1. The van der Waals surface area contributed by atoms with Gasteiger partial charge in [0.2, 0.25) is 0 Å². The van der Waals surface area contributed by atoms with Crippen molar-refractivity contribution in [1.82, 2.24) is 4.90 Å². The maximum absolute atomic E-state index is 13.8. The van der Waals surface area contributed by atoms with E-state index in [1.165, 1.54) is 0 Å². The summed E-state index contributed by atoms with van der Waals surface area (Å²) < 4.78 is 65.4. The van der Waals surface area contributed by atoms with Crippen molar-refractivity contribution in [2.45, 2.75) is 94.0 Å². The van der Waals surface area contributed by atoms with Gasteiger partial charge in [-0.1, -0.05) is 152 Å². The summed E-state index contributed by atoms with van der Waals surface area (Å²) in [4.78, 5) is 15.5. The standard InChI is InChI=1S/C49H51NO11/c1-52-48-45(55-30-36-23-13-5-14-24-36)44(54-29-35-21-11-4-12-22-35)41(53-28-34-19-9-3-10-20-34)38(59-48)31-57-47-40-43(61-49(51)50(40)27-33-17-7-2-8-18-33)42-39(58-47)32-56-46(60-42)37-25-15-6-16-26-37/h2-26,38-48H,27-32H2,1H3/t38-,39-,40-,41-,42-,43-,44+,45-,46-,47+,48+/m1/s1. The van der Waals surface area contributed by atoms with Crippen LogP contribution in [0.5, 0.6) is 0 Å². The molecular weight excluding hydrogens is 779 g/mol. The average molecular weight is 830 g/mol. The third-order valence-electron chi connectivity index (χ3n) is 11.5. The first kappa shape index (κ1) is 41.4. The molecule has 0 aliphatic carbocycles. The molecule has 12 heteroatoms. The van der Waals surface area contributed by atoms with Crippen molar-refractivity contribution in [1.29, 1.82) is 0 Å². The van der Waals surface area contributed by atoms with E-state index < -0.39 is 73.7 Å². The van der Waals surface area contributed by atoms with Crippen molar-refractivity contribution in [3.63, 3.8) is 0 Å². The largest absolute Gasteiger partial charge is 0.441 e. The maximum atomic E-state index is 13.8. The first-order valence-corrected chi connectivity index (χ1v) is 20.9. The Bertz CT molecular complexity index is 2100. The molecular formula is C49H51NO11. The Hall–Kier alpha value is -4.99. The van der Waals surface area contributed by atoms with Crippen LogP contribution in [-0.2, 0) is 73.7 Å². The minimum Gasteiger partial charge on any atom is -0.441 e. The fourth-order valence-electron chi connectivity index (χ4n) is 8.45. The molecule has 1 amide bonds. The number of methoxy groups -OCH3 is 1. The summed E-state index contributed by atoms with van der Waals surface area (Å²) in [6.45, 7) is 1.34. The monoisotopic (exact) mass is 829 g/mol. The number of carbonyl (C=O) groups is 1. The molecule has 0 unspecified atom stereocenters. The molecule has 5 aromatic rings. The van der Waals surface area contributed by atoms with Gasteiger partial charge >= 0.3 is 6.09 Å². The van der Waals surface area contributed by atoms with Crippen LogP contribution in [0.1, 0.15) is 34.1 Å². The van der Waals surface area contributed by atoms with Crippen LogP contribution in [0.3, 0.4) is 0 Å². The first-order chi connectivity index (χ1) is 30.1. The van der Waals surface area contributed by atoms with Gasteiger partial charge in [-0.25, -0.2) is 4.79 Å². The van der Waals surface area contributed by atoms with Gasteiger partial charge in [0.25, 0.3) is 0 Å². The van der Waals surface area contributed by atoms with Gasteiger partial charge in [0, 0.05) is 19.2 Å². The van der Waals surface area contributed by atoms with Crippen LogP contribution in [0.25, 0.3) is 0 Å². The number of amides is 1. The molecule has 4 heterocycles. The second kappa shape index (κ2) is 19.8. The van der Waals surface area contributed by atoms with Crippen molar-refractivity contribution >= 4 is 6.09 Å². The third kappa shape index (κ3) is 9.74. The van der Waals surface area contributed by atoms with Gasteiger partial charge < -0.3 is 47.4 Å². The van der Waals surface area contributed by atoms with Crippen LogP contribution >= 0.6 is 0 Å². The van der Waals surface area contributed by atoms with Crippen LogP contribution in [0, 0.1) is 0 Å². The van der Waals surface area contributed by atoms with Gasteiger partial charge in [-0.15, -0.1) is 0 Å². The molecule has 0 aromatic heterocycles. The minimum atomic E-state index is -0.947. The molecule has 5 aromatic carbocycles. The van der Waals surface area contributed by atoms with Crippen molar-refractivity contribution in [3.8, 4) is 0 Å². The van der Waals surface area contributed by atoms with Crippen LogP contribution < -0.4 is 0 Å².